The molecule has 6 atom stereocenters. The van der Waals surface area contributed by atoms with E-state index in [1.165, 1.54) is 6.92 Å². The molecular formula is C22H44N8O6. The second-order valence-electron chi connectivity index (χ2n) is 8.83. The number of nitrogens with two attached hydrogens (primary N) is 4. The third-order valence-electron chi connectivity index (χ3n) is 5.76. The fraction of sp³-hybridized carbons (Fsp3) is 0.773. The fourth-order valence-corrected chi connectivity index (χ4v) is 3.23. The SMILES string of the molecule is CCC(C)C(N)C(=O)NC(CCCCN)C(=O)NC(CCCN=C(N)N)C(=O)NC(C(=O)O)C(C)O. The summed E-state index contributed by atoms with van der Waals surface area (Å²) in [6.45, 7) is 5.51. The van der Waals surface area contributed by atoms with Crippen LogP contribution in [0.2, 0.25) is 0 Å². The van der Waals surface area contributed by atoms with E-state index in [4.69, 9.17) is 22.9 Å². The summed E-state index contributed by atoms with van der Waals surface area (Å²) in [6, 6.07) is -4.56. The first-order chi connectivity index (χ1) is 16.8. The molecular weight excluding hydrogens is 472 g/mol. The summed E-state index contributed by atoms with van der Waals surface area (Å²) in [5.74, 6) is -3.63. The average Bonchev–Trinajstić information content (AvgIpc) is 2.81. The molecule has 13 N–H and O–H groups in total. The number of aliphatic hydroxyl groups is 1. The highest BCUT2D eigenvalue weighted by atomic mass is 16.4. The van der Waals surface area contributed by atoms with Crippen molar-refractivity contribution in [3.63, 3.8) is 0 Å². The average molecular weight is 517 g/mol. The Bertz CT molecular complexity index is 744. The molecule has 0 fully saturated rings. The minimum absolute atomic E-state index is 0.0658. The number of carbonyl (C=O) groups excluding carboxylic acids is 3. The van der Waals surface area contributed by atoms with E-state index in [1.54, 1.807) is 0 Å². The Morgan fingerprint density at radius 3 is 1.89 bits per heavy atom. The number of aliphatic carboxylic acids is 1. The molecule has 0 spiro atoms. The standard InChI is InChI=1S/C22H44N8O6/c1-4-12(2)16(24)20(34)29-14(8-5-6-10-23)18(32)28-15(9-7-11-27-22(25)26)19(33)30-17(13(3)31)21(35)36/h12-17,31H,4-11,23-24H2,1-3H3,(H,28,32)(H,29,34)(H,30,33)(H,35,36)(H4,25,26,27). The van der Waals surface area contributed by atoms with Crippen molar-refractivity contribution in [1.82, 2.24) is 16.0 Å². The molecule has 14 heteroatoms. The molecule has 0 aliphatic carbocycles. The number of unbranched alkanes of at least 4 members (excludes halogenated alkanes) is 1. The minimum atomic E-state index is -1.58. The number of aliphatic hydroxyl groups excluding tert-OH is 1. The number of rotatable bonds is 18. The van der Waals surface area contributed by atoms with Crippen LogP contribution >= 0.6 is 0 Å². The molecule has 14 nitrogen and oxygen atoms in total. The second-order valence-corrected chi connectivity index (χ2v) is 8.83. The Morgan fingerprint density at radius 2 is 1.42 bits per heavy atom. The van der Waals surface area contributed by atoms with Crippen molar-refractivity contribution in [2.24, 2.45) is 33.8 Å². The van der Waals surface area contributed by atoms with Gasteiger partial charge in [0.25, 0.3) is 0 Å². The predicted molar refractivity (Wildman–Crippen MR) is 135 cm³/mol. The maximum absolute atomic E-state index is 13.1. The van der Waals surface area contributed by atoms with Crippen molar-refractivity contribution in [2.75, 3.05) is 13.1 Å². The quantitative estimate of drug-likeness (QED) is 0.0523. The van der Waals surface area contributed by atoms with Gasteiger partial charge in [0.1, 0.15) is 12.1 Å². The second kappa shape index (κ2) is 17.5. The lowest BCUT2D eigenvalue weighted by molar-refractivity contribution is -0.145. The molecule has 3 amide bonds. The molecule has 36 heavy (non-hydrogen) atoms. The lowest BCUT2D eigenvalue weighted by Gasteiger charge is -2.26. The summed E-state index contributed by atoms with van der Waals surface area (Å²) in [5, 5.41) is 26.4. The van der Waals surface area contributed by atoms with E-state index in [9.17, 15) is 29.4 Å². The monoisotopic (exact) mass is 516 g/mol. The van der Waals surface area contributed by atoms with E-state index in [1.807, 2.05) is 13.8 Å². The van der Waals surface area contributed by atoms with Gasteiger partial charge >= 0.3 is 5.97 Å². The number of amides is 3. The summed E-state index contributed by atoms with van der Waals surface area (Å²) >= 11 is 0. The van der Waals surface area contributed by atoms with Crippen molar-refractivity contribution < 1.29 is 29.4 Å². The first-order valence-corrected chi connectivity index (χ1v) is 12.2. The zero-order valence-electron chi connectivity index (χ0n) is 21.4. The summed E-state index contributed by atoms with van der Waals surface area (Å²) in [6.07, 6.45) is 1.06. The van der Waals surface area contributed by atoms with E-state index in [0.29, 0.717) is 25.8 Å². The van der Waals surface area contributed by atoms with Crippen LogP contribution in [0.25, 0.3) is 0 Å². The Hall–Kier alpha value is -2.97. The lowest BCUT2D eigenvalue weighted by atomic mass is 9.98. The van der Waals surface area contributed by atoms with Crippen LogP contribution in [-0.2, 0) is 19.2 Å². The third-order valence-corrected chi connectivity index (χ3v) is 5.76. The zero-order chi connectivity index (χ0) is 27.8. The number of hydrogen-bond donors (Lipinski definition) is 9. The van der Waals surface area contributed by atoms with Crippen LogP contribution in [-0.4, -0.2) is 83.2 Å². The number of hydrogen-bond acceptors (Lipinski definition) is 8. The molecule has 0 aliphatic heterocycles. The minimum Gasteiger partial charge on any atom is -0.480 e. The number of nitrogens with one attached hydrogen (secondary N) is 3. The van der Waals surface area contributed by atoms with Gasteiger partial charge in [-0.05, 0) is 51.5 Å². The summed E-state index contributed by atoms with van der Waals surface area (Å²) < 4.78 is 0. The van der Waals surface area contributed by atoms with E-state index in [2.05, 4.69) is 20.9 Å². The maximum Gasteiger partial charge on any atom is 0.328 e. The third kappa shape index (κ3) is 12.7. The molecule has 0 radical (unpaired) electrons. The van der Waals surface area contributed by atoms with Crippen molar-refractivity contribution in [2.45, 2.75) is 89.6 Å². The summed E-state index contributed by atoms with van der Waals surface area (Å²) in [7, 11) is 0. The predicted octanol–water partition coefficient (Wildman–Crippen LogP) is -2.54. The molecule has 0 aromatic rings. The van der Waals surface area contributed by atoms with Crippen LogP contribution in [0.15, 0.2) is 4.99 Å². The van der Waals surface area contributed by atoms with Gasteiger partial charge in [0.2, 0.25) is 17.7 Å². The number of carboxylic acid groups (broad SMARTS) is 1. The lowest BCUT2D eigenvalue weighted by Crippen LogP contribution is -2.58. The van der Waals surface area contributed by atoms with Crippen LogP contribution in [0.5, 0.6) is 0 Å². The number of guanidine groups is 1. The van der Waals surface area contributed by atoms with Crippen molar-refractivity contribution >= 4 is 29.7 Å². The largest absolute Gasteiger partial charge is 0.480 e. The first-order valence-electron chi connectivity index (χ1n) is 12.2. The normalized spacial score (nSPS) is 15.9. The van der Waals surface area contributed by atoms with Gasteiger partial charge in [-0.1, -0.05) is 20.3 Å². The zero-order valence-corrected chi connectivity index (χ0v) is 21.4. The highest BCUT2D eigenvalue weighted by Crippen LogP contribution is 2.09. The van der Waals surface area contributed by atoms with Crippen LogP contribution in [0.3, 0.4) is 0 Å². The smallest absolute Gasteiger partial charge is 0.328 e. The van der Waals surface area contributed by atoms with Gasteiger partial charge in [0, 0.05) is 6.54 Å². The van der Waals surface area contributed by atoms with Gasteiger partial charge in [-0.25, -0.2) is 4.79 Å². The van der Waals surface area contributed by atoms with Crippen LogP contribution in [0, 0.1) is 5.92 Å². The highest BCUT2D eigenvalue weighted by molar-refractivity contribution is 5.94. The molecule has 0 aromatic heterocycles. The Labute approximate surface area is 212 Å². The van der Waals surface area contributed by atoms with Gasteiger partial charge < -0.3 is 49.1 Å². The summed E-state index contributed by atoms with van der Waals surface area (Å²) in [4.78, 5) is 53.9. The van der Waals surface area contributed by atoms with E-state index < -0.39 is 54.0 Å². The van der Waals surface area contributed by atoms with Gasteiger partial charge in [-0.3, -0.25) is 19.4 Å². The van der Waals surface area contributed by atoms with Crippen molar-refractivity contribution in [3.8, 4) is 0 Å². The van der Waals surface area contributed by atoms with Crippen LogP contribution < -0.4 is 38.9 Å². The van der Waals surface area contributed by atoms with Gasteiger partial charge in [-0.15, -0.1) is 0 Å². The highest BCUT2D eigenvalue weighted by Gasteiger charge is 2.32. The molecule has 0 heterocycles. The van der Waals surface area contributed by atoms with Gasteiger partial charge in [0.05, 0.1) is 12.1 Å². The van der Waals surface area contributed by atoms with Crippen LogP contribution in [0.4, 0.5) is 0 Å². The number of carboxylic acids is 1. The molecule has 0 aromatic carbocycles. The first kappa shape index (κ1) is 33.0. The molecule has 6 unspecified atom stereocenters. The molecule has 0 aliphatic rings. The molecule has 0 rings (SSSR count). The fourth-order valence-electron chi connectivity index (χ4n) is 3.23. The summed E-state index contributed by atoms with van der Waals surface area (Å²) in [5.41, 5.74) is 22.2. The maximum atomic E-state index is 13.1. The van der Waals surface area contributed by atoms with Crippen molar-refractivity contribution in [3.05, 3.63) is 0 Å². The molecule has 0 bridgehead atoms. The van der Waals surface area contributed by atoms with Gasteiger partial charge in [-0.2, -0.15) is 0 Å². The van der Waals surface area contributed by atoms with Gasteiger partial charge in [0.15, 0.2) is 12.0 Å². The number of aliphatic imine (C=N–C) groups is 1. The Kier molecular flexibility index (Phi) is 16.0. The molecule has 0 saturated heterocycles. The van der Waals surface area contributed by atoms with E-state index in [0.717, 1.165) is 0 Å². The topological polar surface area (TPSA) is 261 Å². The van der Waals surface area contributed by atoms with E-state index >= 15 is 0 Å². The Morgan fingerprint density at radius 1 is 0.889 bits per heavy atom. The van der Waals surface area contributed by atoms with Crippen LogP contribution in [0.1, 0.15) is 59.3 Å². The Balaban J connectivity index is 5.66. The van der Waals surface area contributed by atoms with E-state index in [-0.39, 0.29) is 37.7 Å². The molecule has 208 valence electrons. The van der Waals surface area contributed by atoms with Crippen molar-refractivity contribution in [1.29, 1.82) is 0 Å². The number of carbonyl (C=O) groups is 4. The molecule has 0 saturated carbocycles. The number of nitrogens with zero attached hydrogens (tertiary/aromatic N) is 1.